The Morgan fingerprint density at radius 1 is 0.880 bits per heavy atom. The number of aliphatic carboxylic acids is 1. The molecular formula is C20H24N2O3. The molecule has 0 amide bonds. The average Bonchev–Trinajstić information content (AvgIpc) is 2.63. The molecule has 1 N–H and O–H groups in total. The molecule has 3 rings (SSSR count). The molecule has 1 heterocycles. The molecule has 0 atom stereocenters. The third-order valence-corrected chi connectivity index (χ3v) is 4.40. The van der Waals surface area contributed by atoms with Gasteiger partial charge < -0.3 is 9.84 Å². The lowest BCUT2D eigenvalue weighted by Crippen LogP contribution is -2.47. The fourth-order valence-corrected chi connectivity index (χ4v) is 2.99. The van der Waals surface area contributed by atoms with E-state index in [0.29, 0.717) is 6.61 Å². The molecule has 132 valence electrons. The molecule has 1 aliphatic rings. The van der Waals surface area contributed by atoms with Crippen LogP contribution in [0.2, 0.25) is 0 Å². The van der Waals surface area contributed by atoms with E-state index in [1.54, 1.807) is 0 Å². The number of benzene rings is 2. The first-order valence-corrected chi connectivity index (χ1v) is 8.61. The summed E-state index contributed by atoms with van der Waals surface area (Å²) in [5.74, 6) is 0.124. The number of carboxylic acids is 1. The third kappa shape index (κ3) is 5.59. The van der Waals surface area contributed by atoms with E-state index in [1.807, 2.05) is 35.2 Å². The summed E-state index contributed by atoms with van der Waals surface area (Å²) in [4.78, 5) is 15.1. The fourth-order valence-electron chi connectivity index (χ4n) is 2.99. The molecule has 5 nitrogen and oxygen atoms in total. The summed E-state index contributed by atoms with van der Waals surface area (Å²) in [5, 5.41) is 8.84. The van der Waals surface area contributed by atoms with E-state index in [1.165, 1.54) is 5.56 Å². The van der Waals surface area contributed by atoms with Crippen molar-refractivity contribution in [3.05, 3.63) is 65.7 Å². The van der Waals surface area contributed by atoms with Gasteiger partial charge in [0.15, 0.2) is 0 Å². The summed E-state index contributed by atoms with van der Waals surface area (Å²) in [6.07, 6.45) is 0. The number of piperazine rings is 1. The zero-order valence-corrected chi connectivity index (χ0v) is 14.3. The maximum atomic E-state index is 10.7. The molecule has 1 fully saturated rings. The first kappa shape index (κ1) is 17.5. The SMILES string of the molecule is O=C(O)CN1CCN(Cc2ccc(OCc3ccccc3)cc2)CC1. The molecule has 2 aromatic rings. The summed E-state index contributed by atoms with van der Waals surface area (Å²) >= 11 is 0. The average molecular weight is 340 g/mol. The van der Waals surface area contributed by atoms with Gasteiger partial charge in [-0.15, -0.1) is 0 Å². The summed E-state index contributed by atoms with van der Waals surface area (Å²) < 4.78 is 5.81. The number of hydrogen-bond donors (Lipinski definition) is 1. The zero-order valence-electron chi connectivity index (χ0n) is 14.3. The number of rotatable bonds is 7. The van der Waals surface area contributed by atoms with Gasteiger partial charge in [0.05, 0.1) is 6.54 Å². The van der Waals surface area contributed by atoms with E-state index in [0.717, 1.165) is 44.0 Å². The maximum Gasteiger partial charge on any atom is 0.317 e. The molecule has 0 aromatic heterocycles. The molecule has 25 heavy (non-hydrogen) atoms. The first-order valence-electron chi connectivity index (χ1n) is 8.61. The Kier molecular flexibility index (Phi) is 6.04. The van der Waals surface area contributed by atoms with Crippen LogP contribution in [0.15, 0.2) is 54.6 Å². The monoisotopic (exact) mass is 340 g/mol. The van der Waals surface area contributed by atoms with Crippen LogP contribution in [0.5, 0.6) is 5.75 Å². The van der Waals surface area contributed by atoms with Crippen molar-refractivity contribution >= 4 is 5.97 Å². The maximum absolute atomic E-state index is 10.7. The number of ether oxygens (including phenoxy) is 1. The molecule has 2 aromatic carbocycles. The second-order valence-electron chi connectivity index (χ2n) is 6.36. The van der Waals surface area contributed by atoms with E-state index in [4.69, 9.17) is 9.84 Å². The lowest BCUT2D eigenvalue weighted by molar-refractivity contribution is -0.138. The minimum absolute atomic E-state index is 0.140. The Labute approximate surface area is 148 Å². The van der Waals surface area contributed by atoms with Crippen molar-refractivity contribution in [2.75, 3.05) is 32.7 Å². The highest BCUT2D eigenvalue weighted by Crippen LogP contribution is 2.16. The minimum atomic E-state index is -0.750. The zero-order chi connectivity index (χ0) is 17.5. The highest BCUT2D eigenvalue weighted by molar-refractivity contribution is 5.69. The van der Waals surface area contributed by atoms with Crippen molar-refractivity contribution in [2.24, 2.45) is 0 Å². The van der Waals surface area contributed by atoms with Crippen LogP contribution in [0.1, 0.15) is 11.1 Å². The first-order chi connectivity index (χ1) is 12.2. The normalized spacial score (nSPS) is 15.8. The van der Waals surface area contributed by atoms with E-state index < -0.39 is 5.97 Å². The molecule has 0 radical (unpaired) electrons. The van der Waals surface area contributed by atoms with Gasteiger partial charge in [-0.05, 0) is 23.3 Å². The van der Waals surface area contributed by atoms with Gasteiger partial charge in [-0.2, -0.15) is 0 Å². The summed E-state index contributed by atoms with van der Waals surface area (Å²) in [7, 11) is 0. The Balaban J connectivity index is 1.44. The van der Waals surface area contributed by atoms with Gasteiger partial charge in [0.2, 0.25) is 0 Å². The topological polar surface area (TPSA) is 53.0 Å². The molecule has 0 spiro atoms. The van der Waals surface area contributed by atoms with Crippen molar-refractivity contribution in [2.45, 2.75) is 13.2 Å². The Morgan fingerprint density at radius 3 is 2.16 bits per heavy atom. The van der Waals surface area contributed by atoms with Gasteiger partial charge in [0.1, 0.15) is 12.4 Å². The lowest BCUT2D eigenvalue weighted by atomic mass is 10.2. The van der Waals surface area contributed by atoms with Gasteiger partial charge in [-0.25, -0.2) is 0 Å². The summed E-state index contributed by atoms with van der Waals surface area (Å²) in [6.45, 7) is 5.03. The van der Waals surface area contributed by atoms with E-state index in [9.17, 15) is 4.79 Å². The van der Waals surface area contributed by atoms with Crippen LogP contribution in [-0.2, 0) is 17.9 Å². The number of hydrogen-bond acceptors (Lipinski definition) is 4. The highest BCUT2D eigenvalue weighted by Gasteiger charge is 2.18. The molecule has 0 saturated carbocycles. The number of carboxylic acid groups (broad SMARTS) is 1. The van der Waals surface area contributed by atoms with E-state index in [2.05, 4.69) is 29.2 Å². The van der Waals surface area contributed by atoms with Crippen molar-refractivity contribution in [1.29, 1.82) is 0 Å². The molecule has 0 bridgehead atoms. The van der Waals surface area contributed by atoms with Crippen LogP contribution >= 0.6 is 0 Å². The molecule has 0 unspecified atom stereocenters. The molecule has 1 aliphatic heterocycles. The lowest BCUT2D eigenvalue weighted by Gasteiger charge is -2.33. The van der Waals surface area contributed by atoms with Crippen LogP contribution in [0, 0.1) is 0 Å². The minimum Gasteiger partial charge on any atom is -0.489 e. The van der Waals surface area contributed by atoms with Crippen LogP contribution in [0.4, 0.5) is 0 Å². The number of carbonyl (C=O) groups is 1. The Hall–Kier alpha value is -2.37. The molecule has 1 saturated heterocycles. The predicted octanol–water partition coefficient (Wildman–Crippen LogP) is 2.47. The van der Waals surface area contributed by atoms with Gasteiger partial charge >= 0.3 is 5.97 Å². The number of nitrogens with zero attached hydrogens (tertiary/aromatic N) is 2. The van der Waals surface area contributed by atoms with Crippen molar-refractivity contribution in [3.63, 3.8) is 0 Å². The van der Waals surface area contributed by atoms with Gasteiger partial charge in [0, 0.05) is 32.7 Å². The standard InChI is InChI=1S/C20H24N2O3/c23-20(24)15-22-12-10-21(11-13-22)14-17-6-8-19(9-7-17)25-16-18-4-2-1-3-5-18/h1-9H,10-16H2,(H,23,24). The van der Waals surface area contributed by atoms with Crippen LogP contribution in [0.25, 0.3) is 0 Å². The van der Waals surface area contributed by atoms with Crippen LogP contribution < -0.4 is 4.74 Å². The molecular weight excluding hydrogens is 316 g/mol. The van der Waals surface area contributed by atoms with Crippen molar-refractivity contribution < 1.29 is 14.6 Å². The molecule has 5 heteroatoms. The summed E-state index contributed by atoms with van der Waals surface area (Å²) in [5.41, 5.74) is 2.41. The van der Waals surface area contributed by atoms with Crippen LogP contribution in [-0.4, -0.2) is 53.6 Å². The van der Waals surface area contributed by atoms with Gasteiger partial charge in [0.25, 0.3) is 0 Å². The van der Waals surface area contributed by atoms with Crippen molar-refractivity contribution in [1.82, 2.24) is 9.80 Å². The molecule has 0 aliphatic carbocycles. The largest absolute Gasteiger partial charge is 0.489 e. The second-order valence-corrected chi connectivity index (χ2v) is 6.36. The highest BCUT2D eigenvalue weighted by atomic mass is 16.5. The fraction of sp³-hybridized carbons (Fsp3) is 0.350. The smallest absolute Gasteiger partial charge is 0.317 e. The third-order valence-electron chi connectivity index (χ3n) is 4.40. The summed E-state index contributed by atoms with van der Waals surface area (Å²) in [6, 6.07) is 18.4. The van der Waals surface area contributed by atoms with Gasteiger partial charge in [-0.1, -0.05) is 42.5 Å². The predicted molar refractivity (Wildman–Crippen MR) is 96.6 cm³/mol. The quantitative estimate of drug-likeness (QED) is 0.839. The second kappa shape index (κ2) is 8.65. The van der Waals surface area contributed by atoms with Gasteiger partial charge in [-0.3, -0.25) is 14.6 Å². The van der Waals surface area contributed by atoms with E-state index in [-0.39, 0.29) is 6.54 Å². The van der Waals surface area contributed by atoms with E-state index >= 15 is 0 Å². The Bertz CT molecular complexity index is 665. The van der Waals surface area contributed by atoms with Crippen molar-refractivity contribution in [3.8, 4) is 5.75 Å². The Morgan fingerprint density at radius 2 is 1.52 bits per heavy atom. The van der Waals surface area contributed by atoms with Crippen LogP contribution in [0.3, 0.4) is 0 Å².